The first-order valence-electron chi connectivity index (χ1n) is 6.74. The summed E-state index contributed by atoms with van der Waals surface area (Å²) >= 11 is 1.55. The minimum Gasteiger partial charge on any atom is -0.465 e. The van der Waals surface area contributed by atoms with E-state index in [1.165, 1.54) is 12.8 Å². The fraction of sp³-hybridized carbons (Fsp3) is 0.714. The molecule has 0 saturated heterocycles. The van der Waals surface area contributed by atoms with Crippen molar-refractivity contribution in [3.8, 4) is 0 Å². The van der Waals surface area contributed by atoms with Crippen LogP contribution in [0.2, 0.25) is 0 Å². The van der Waals surface area contributed by atoms with Gasteiger partial charge in [0.05, 0.1) is 12.3 Å². The summed E-state index contributed by atoms with van der Waals surface area (Å²) in [6, 6.07) is 0. The molecule has 1 N–H and O–H groups in total. The van der Waals surface area contributed by atoms with Gasteiger partial charge in [0.15, 0.2) is 5.13 Å². The largest absolute Gasteiger partial charge is 0.465 e. The van der Waals surface area contributed by atoms with Crippen molar-refractivity contribution in [3.05, 3.63) is 11.1 Å². The second-order valence-electron chi connectivity index (χ2n) is 6.05. The van der Waals surface area contributed by atoms with E-state index in [0.29, 0.717) is 12.0 Å². The molecular weight excluding hydrogens is 260 g/mol. The highest BCUT2D eigenvalue weighted by molar-refractivity contribution is 7.13. The van der Waals surface area contributed by atoms with Gasteiger partial charge in [-0.05, 0) is 39.0 Å². The molecule has 1 aliphatic rings. The fourth-order valence-electron chi connectivity index (χ4n) is 1.74. The number of carbonyl (C=O) groups excluding carboxylic acids is 1. The predicted molar refractivity (Wildman–Crippen MR) is 77.6 cm³/mol. The average molecular weight is 282 g/mol. The summed E-state index contributed by atoms with van der Waals surface area (Å²) in [4.78, 5) is 16.4. The highest BCUT2D eigenvalue weighted by Gasteiger charge is 2.37. The molecule has 0 unspecified atom stereocenters. The van der Waals surface area contributed by atoms with Crippen LogP contribution in [-0.2, 0) is 14.9 Å². The molecule has 1 heterocycles. The molecule has 5 heteroatoms. The third kappa shape index (κ3) is 3.26. The number of ether oxygens (including phenoxy) is 1. The zero-order chi connectivity index (χ0) is 14.1. The highest BCUT2D eigenvalue weighted by atomic mass is 32.1. The Kier molecular flexibility index (Phi) is 3.85. The standard InChI is InChI=1S/C14H22N2O2S/c1-5-18-11(17)13(2,3)10-8-19-12(16-10)15-9-14(4)6-7-14/h8H,5-7,9H2,1-4H3,(H,15,16). The van der Waals surface area contributed by atoms with Crippen LogP contribution in [0.25, 0.3) is 0 Å². The second-order valence-corrected chi connectivity index (χ2v) is 6.91. The van der Waals surface area contributed by atoms with Gasteiger partial charge in [-0.3, -0.25) is 4.79 Å². The van der Waals surface area contributed by atoms with E-state index >= 15 is 0 Å². The molecule has 1 aromatic rings. The van der Waals surface area contributed by atoms with E-state index < -0.39 is 5.41 Å². The van der Waals surface area contributed by atoms with Crippen LogP contribution in [0, 0.1) is 5.41 Å². The van der Waals surface area contributed by atoms with Crippen LogP contribution in [0.4, 0.5) is 5.13 Å². The molecule has 0 aliphatic heterocycles. The molecule has 0 bridgehead atoms. The summed E-state index contributed by atoms with van der Waals surface area (Å²) in [6.07, 6.45) is 2.57. The Bertz CT molecular complexity index is 464. The van der Waals surface area contributed by atoms with Crippen molar-refractivity contribution in [2.45, 2.75) is 46.0 Å². The first-order chi connectivity index (χ1) is 8.87. The number of hydrogen-bond donors (Lipinski definition) is 1. The molecule has 19 heavy (non-hydrogen) atoms. The van der Waals surface area contributed by atoms with Crippen molar-refractivity contribution >= 4 is 22.4 Å². The molecule has 0 atom stereocenters. The maximum Gasteiger partial charge on any atom is 0.317 e. The van der Waals surface area contributed by atoms with Gasteiger partial charge in [0.2, 0.25) is 0 Å². The lowest BCUT2D eigenvalue weighted by Gasteiger charge is -2.19. The quantitative estimate of drug-likeness (QED) is 0.814. The molecule has 0 amide bonds. The first-order valence-corrected chi connectivity index (χ1v) is 7.62. The number of hydrogen-bond acceptors (Lipinski definition) is 5. The summed E-state index contributed by atoms with van der Waals surface area (Å²) in [7, 11) is 0. The summed E-state index contributed by atoms with van der Waals surface area (Å²) in [5, 5.41) is 6.19. The van der Waals surface area contributed by atoms with Gasteiger partial charge >= 0.3 is 5.97 Å². The fourth-order valence-corrected chi connectivity index (χ4v) is 2.61. The van der Waals surface area contributed by atoms with Crippen LogP contribution in [0.3, 0.4) is 0 Å². The van der Waals surface area contributed by atoms with E-state index in [4.69, 9.17) is 4.74 Å². The normalized spacial score (nSPS) is 17.1. The minimum atomic E-state index is -0.685. The zero-order valence-corrected chi connectivity index (χ0v) is 12.9. The van der Waals surface area contributed by atoms with Crippen molar-refractivity contribution in [2.75, 3.05) is 18.5 Å². The number of carbonyl (C=O) groups is 1. The van der Waals surface area contributed by atoms with Crippen LogP contribution in [-0.4, -0.2) is 24.1 Å². The smallest absolute Gasteiger partial charge is 0.317 e. The van der Waals surface area contributed by atoms with E-state index in [9.17, 15) is 4.79 Å². The number of nitrogens with zero attached hydrogens (tertiary/aromatic N) is 1. The summed E-state index contributed by atoms with van der Waals surface area (Å²) in [5.41, 5.74) is 0.540. The van der Waals surface area contributed by atoms with E-state index in [-0.39, 0.29) is 5.97 Å². The van der Waals surface area contributed by atoms with E-state index in [2.05, 4.69) is 17.2 Å². The Morgan fingerprint density at radius 2 is 2.26 bits per heavy atom. The minimum absolute atomic E-state index is 0.221. The van der Waals surface area contributed by atoms with Crippen molar-refractivity contribution in [2.24, 2.45) is 5.41 Å². The molecule has 106 valence electrons. The summed E-state index contributed by atoms with van der Waals surface area (Å²) < 4.78 is 5.10. The zero-order valence-electron chi connectivity index (χ0n) is 12.1. The monoisotopic (exact) mass is 282 g/mol. The van der Waals surface area contributed by atoms with Gasteiger partial charge in [0, 0.05) is 11.9 Å². The van der Waals surface area contributed by atoms with Gasteiger partial charge in [-0.15, -0.1) is 11.3 Å². The number of anilines is 1. The number of thiazole rings is 1. The van der Waals surface area contributed by atoms with Gasteiger partial charge in [0.1, 0.15) is 5.41 Å². The molecule has 1 fully saturated rings. The summed E-state index contributed by atoms with van der Waals surface area (Å²) in [6.45, 7) is 9.16. The van der Waals surface area contributed by atoms with Crippen LogP contribution in [0.5, 0.6) is 0 Å². The Hall–Kier alpha value is -1.10. The average Bonchev–Trinajstić information content (AvgIpc) is 2.92. The predicted octanol–water partition coefficient (Wildman–Crippen LogP) is 3.20. The molecule has 0 aromatic carbocycles. The first kappa shape index (κ1) is 14.3. The molecular formula is C14H22N2O2S. The van der Waals surface area contributed by atoms with Gasteiger partial charge < -0.3 is 10.1 Å². The van der Waals surface area contributed by atoms with E-state index in [1.807, 2.05) is 26.2 Å². The SMILES string of the molecule is CCOC(=O)C(C)(C)c1csc(NCC2(C)CC2)n1. The van der Waals surface area contributed by atoms with Crippen molar-refractivity contribution in [1.29, 1.82) is 0 Å². The molecule has 1 saturated carbocycles. The topological polar surface area (TPSA) is 51.2 Å². The molecule has 0 radical (unpaired) electrons. The Morgan fingerprint density at radius 3 is 2.84 bits per heavy atom. The molecule has 0 spiro atoms. The van der Waals surface area contributed by atoms with Crippen LogP contribution in [0.1, 0.15) is 46.2 Å². The van der Waals surface area contributed by atoms with E-state index in [1.54, 1.807) is 11.3 Å². The Balaban J connectivity index is 2.00. The van der Waals surface area contributed by atoms with Crippen molar-refractivity contribution < 1.29 is 9.53 Å². The molecule has 1 aromatic heterocycles. The number of aromatic nitrogens is 1. The van der Waals surface area contributed by atoms with Gasteiger partial charge in [-0.2, -0.15) is 0 Å². The Morgan fingerprint density at radius 1 is 1.58 bits per heavy atom. The molecule has 1 aliphatic carbocycles. The molecule has 2 rings (SSSR count). The maximum absolute atomic E-state index is 11.9. The number of rotatable bonds is 6. The number of nitrogens with one attached hydrogen (secondary N) is 1. The lowest BCUT2D eigenvalue weighted by molar-refractivity contribution is -0.148. The van der Waals surface area contributed by atoms with Crippen LogP contribution in [0.15, 0.2) is 5.38 Å². The second kappa shape index (κ2) is 5.12. The van der Waals surface area contributed by atoms with Gasteiger partial charge in [-0.25, -0.2) is 4.98 Å². The van der Waals surface area contributed by atoms with Gasteiger partial charge in [0.25, 0.3) is 0 Å². The maximum atomic E-state index is 11.9. The van der Waals surface area contributed by atoms with Crippen molar-refractivity contribution in [3.63, 3.8) is 0 Å². The van der Waals surface area contributed by atoms with Gasteiger partial charge in [-0.1, -0.05) is 6.92 Å². The number of esters is 1. The lowest BCUT2D eigenvalue weighted by Crippen LogP contribution is -2.31. The van der Waals surface area contributed by atoms with Crippen LogP contribution >= 0.6 is 11.3 Å². The lowest BCUT2D eigenvalue weighted by atomic mass is 9.90. The van der Waals surface area contributed by atoms with Crippen LogP contribution < -0.4 is 5.32 Å². The molecule has 4 nitrogen and oxygen atoms in total. The van der Waals surface area contributed by atoms with Crippen molar-refractivity contribution in [1.82, 2.24) is 4.98 Å². The third-order valence-corrected chi connectivity index (χ3v) is 4.50. The Labute approximate surface area is 118 Å². The summed E-state index contributed by atoms with van der Waals surface area (Å²) in [5.74, 6) is -0.221. The highest BCUT2D eigenvalue weighted by Crippen LogP contribution is 2.45. The van der Waals surface area contributed by atoms with E-state index in [0.717, 1.165) is 17.4 Å². The third-order valence-electron chi connectivity index (χ3n) is 3.70.